The number of hydrogen-bond acceptors (Lipinski definition) is 7. The predicted molar refractivity (Wildman–Crippen MR) is 157 cm³/mol. The zero-order valence-electron chi connectivity index (χ0n) is 23.8. The molecule has 0 N–H and O–H groups in total. The quantitative estimate of drug-likeness (QED) is 0.291. The van der Waals surface area contributed by atoms with E-state index in [2.05, 4.69) is 11.1 Å². The molecular weight excluding hydrogens is 530 g/mol. The first-order chi connectivity index (χ1) is 20.4. The third kappa shape index (κ3) is 7.41. The molecule has 0 bridgehead atoms. The summed E-state index contributed by atoms with van der Waals surface area (Å²) < 4.78 is 12.1. The maximum Gasteiger partial charge on any atom is 0.272 e. The molecule has 216 valence electrons. The van der Waals surface area contributed by atoms with E-state index in [1.54, 1.807) is 53.4 Å². The number of Topliss-reactive ketones (excluding diaryl/α,β-unsaturated/α-hetero) is 2. The summed E-state index contributed by atoms with van der Waals surface area (Å²) >= 11 is 0. The minimum atomic E-state index is -0.140. The van der Waals surface area contributed by atoms with Crippen LogP contribution >= 0.6 is 0 Å². The lowest BCUT2D eigenvalue weighted by molar-refractivity contribution is 0.0589. The molecule has 2 aromatic carbocycles. The molecule has 2 aliphatic rings. The van der Waals surface area contributed by atoms with Crippen LogP contribution in [0.25, 0.3) is 0 Å². The maximum absolute atomic E-state index is 13.0. The summed E-state index contributed by atoms with van der Waals surface area (Å²) in [7, 11) is 0. The van der Waals surface area contributed by atoms with Crippen molar-refractivity contribution in [2.45, 2.75) is 64.1 Å². The van der Waals surface area contributed by atoms with Crippen LogP contribution in [0.1, 0.15) is 88.6 Å². The van der Waals surface area contributed by atoms with Crippen LogP contribution in [0.2, 0.25) is 0 Å². The number of ketones is 2. The average molecular weight is 566 g/mol. The molecule has 8 heteroatoms. The van der Waals surface area contributed by atoms with E-state index < -0.39 is 0 Å². The van der Waals surface area contributed by atoms with Gasteiger partial charge < -0.3 is 14.4 Å². The molecule has 2 heterocycles. The zero-order chi connectivity index (χ0) is 29.5. The van der Waals surface area contributed by atoms with Gasteiger partial charge in [-0.05, 0) is 99.2 Å². The van der Waals surface area contributed by atoms with Crippen molar-refractivity contribution in [1.82, 2.24) is 9.88 Å². The molecule has 0 unspecified atom stereocenters. The molecule has 5 rings (SSSR count). The van der Waals surface area contributed by atoms with E-state index in [0.717, 1.165) is 37.2 Å². The number of nitriles is 1. The lowest BCUT2D eigenvalue weighted by atomic mass is 9.83. The van der Waals surface area contributed by atoms with E-state index in [-0.39, 0.29) is 29.7 Å². The maximum atomic E-state index is 13.0. The van der Waals surface area contributed by atoms with Gasteiger partial charge in [0, 0.05) is 49.7 Å². The summed E-state index contributed by atoms with van der Waals surface area (Å²) in [6, 6.07) is 19.8. The Bertz CT molecular complexity index is 1430. The fourth-order valence-corrected chi connectivity index (χ4v) is 5.62. The Morgan fingerprint density at radius 3 is 1.93 bits per heavy atom. The second kappa shape index (κ2) is 13.4. The summed E-state index contributed by atoms with van der Waals surface area (Å²) in [4.78, 5) is 43.6. The van der Waals surface area contributed by atoms with Gasteiger partial charge in [-0.1, -0.05) is 0 Å². The number of carbonyl (C=O) groups excluding carboxylic acids is 3. The number of benzene rings is 2. The largest absolute Gasteiger partial charge is 0.490 e. The molecular formula is C34H35N3O5. The molecule has 0 atom stereocenters. The van der Waals surface area contributed by atoms with Crippen molar-refractivity contribution in [2.75, 3.05) is 13.1 Å². The summed E-state index contributed by atoms with van der Waals surface area (Å²) in [5.74, 6) is 1.71. The molecule has 0 radical (unpaired) electrons. The number of pyridine rings is 1. The van der Waals surface area contributed by atoms with Gasteiger partial charge in [-0.3, -0.25) is 19.4 Å². The summed E-state index contributed by atoms with van der Waals surface area (Å²) in [5.41, 5.74) is 2.13. The van der Waals surface area contributed by atoms with E-state index in [1.165, 1.54) is 13.1 Å². The Balaban J connectivity index is 1.05. The number of carbonyl (C=O) groups is 3. The molecule has 2 fully saturated rings. The number of piperidine rings is 1. The van der Waals surface area contributed by atoms with Crippen LogP contribution in [0, 0.1) is 17.2 Å². The van der Waals surface area contributed by atoms with Crippen molar-refractivity contribution < 1.29 is 23.9 Å². The SMILES string of the molecule is CC(=O)c1ccc(OC2CCN(C(=O)c3ccc(C(=O)CC4CCC(Oc5ccc(C#N)cc5)CC4)cn3)CC2)cc1. The van der Waals surface area contributed by atoms with Crippen LogP contribution in [0.15, 0.2) is 66.9 Å². The van der Waals surface area contributed by atoms with Crippen LogP contribution in [0.5, 0.6) is 11.5 Å². The second-order valence-electron chi connectivity index (χ2n) is 11.1. The average Bonchev–Trinajstić information content (AvgIpc) is 3.03. The van der Waals surface area contributed by atoms with Crippen molar-refractivity contribution in [1.29, 1.82) is 5.26 Å². The summed E-state index contributed by atoms with van der Waals surface area (Å²) in [6.45, 7) is 2.66. The molecule has 1 aliphatic carbocycles. The topological polar surface area (TPSA) is 110 Å². The fourth-order valence-electron chi connectivity index (χ4n) is 5.62. The summed E-state index contributed by atoms with van der Waals surface area (Å²) in [5, 5.41) is 8.94. The number of aromatic nitrogens is 1. The van der Waals surface area contributed by atoms with E-state index >= 15 is 0 Å². The van der Waals surface area contributed by atoms with Gasteiger partial charge in [0.25, 0.3) is 5.91 Å². The van der Waals surface area contributed by atoms with Gasteiger partial charge in [0.05, 0.1) is 17.7 Å². The van der Waals surface area contributed by atoms with Gasteiger partial charge in [0.1, 0.15) is 23.3 Å². The van der Waals surface area contributed by atoms with E-state index in [0.29, 0.717) is 60.7 Å². The highest BCUT2D eigenvalue weighted by molar-refractivity contribution is 5.97. The normalized spacial score (nSPS) is 19.0. The van der Waals surface area contributed by atoms with Crippen LogP contribution < -0.4 is 9.47 Å². The number of rotatable bonds is 9. The molecule has 0 spiro atoms. The van der Waals surface area contributed by atoms with Gasteiger partial charge in [-0.15, -0.1) is 0 Å². The number of ether oxygens (including phenoxy) is 2. The number of nitrogens with zero attached hydrogens (tertiary/aromatic N) is 3. The minimum absolute atomic E-state index is 0.00258. The number of likely N-dealkylation sites (tertiary alicyclic amines) is 1. The van der Waals surface area contributed by atoms with Gasteiger partial charge >= 0.3 is 0 Å². The Morgan fingerprint density at radius 1 is 0.810 bits per heavy atom. The molecule has 8 nitrogen and oxygen atoms in total. The van der Waals surface area contributed by atoms with Crippen molar-refractivity contribution in [3.8, 4) is 17.6 Å². The third-order valence-corrected chi connectivity index (χ3v) is 8.15. The highest BCUT2D eigenvalue weighted by Gasteiger charge is 2.27. The van der Waals surface area contributed by atoms with Crippen molar-refractivity contribution in [3.05, 3.63) is 89.2 Å². The summed E-state index contributed by atoms with van der Waals surface area (Å²) in [6.07, 6.45) is 7.12. The Kier molecular flexibility index (Phi) is 9.28. The number of amides is 1. The zero-order valence-corrected chi connectivity index (χ0v) is 23.8. The third-order valence-electron chi connectivity index (χ3n) is 8.15. The van der Waals surface area contributed by atoms with Gasteiger partial charge in [0.2, 0.25) is 0 Å². The molecule has 1 saturated carbocycles. The van der Waals surface area contributed by atoms with Crippen LogP contribution in [0.3, 0.4) is 0 Å². The first-order valence-corrected chi connectivity index (χ1v) is 14.6. The molecule has 1 aliphatic heterocycles. The first kappa shape index (κ1) is 29.0. The van der Waals surface area contributed by atoms with E-state index in [9.17, 15) is 14.4 Å². The molecule has 1 aromatic heterocycles. The smallest absolute Gasteiger partial charge is 0.272 e. The molecule has 3 aromatic rings. The Morgan fingerprint density at radius 2 is 1.38 bits per heavy atom. The minimum Gasteiger partial charge on any atom is -0.490 e. The lowest BCUT2D eigenvalue weighted by Gasteiger charge is -2.32. The number of hydrogen-bond donors (Lipinski definition) is 0. The molecule has 1 saturated heterocycles. The monoisotopic (exact) mass is 565 g/mol. The van der Waals surface area contributed by atoms with Crippen molar-refractivity contribution in [2.24, 2.45) is 5.92 Å². The van der Waals surface area contributed by atoms with Crippen LogP contribution in [0.4, 0.5) is 0 Å². The highest BCUT2D eigenvalue weighted by Crippen LogP contribution is 2.31. The van der Waals surface area contributed by atoms with Crippen LogP contribution in [-0.2, 0) is 0 Å². The van der Waals surface area contributed by atoms with Crippen LogP contribution in [-0.4, -0.2) is 52.7 Å². The Labute approximate surface area is 246 Å². The molecule has 1 amide bonds. The van der Waals surface area contributed by atoms with Gasteiger partial charge in [-0.25, -0.2) is 0 Å². The second-order valence-corrected chi connectivity index (χ2v) is 11.1. The first-order valence-electron chi connectivity index (χ1n) is 14.6. The Hall–Kier alpha value is -4.51. The van der Waals surface area contributed by atoms with Gasteiger partial charge in [-0.2, -0.15) is 5.26 Å². The van der Waals surface area contributed by atoms with E-state index in [1.807, 2.05) is 12.1 Å². The lowest BCUT2D eigenvalue weighted by Crippen LogP contribution is -2.42. The van der Waals surface area contributed by atoms with Crippen molar-refractivity contribution in [3.63, 3.8) is 0 Å². The predicted octanol–water partition coefficient (Wildman–Crippen LogP) is 6.05. The highest BCUT2D eigenvalue weighted by atomic mass is 16.5. The standard InChI is InChI=1S/C34H35N3O5/c1-23(38)26-6-13-30(14-7-26)42-31-16-18-37(19-17-31)34(40)32-15-8-27(22-36-32)33(39)20-24-2-9-28(10-3-24)41-29-11-4-25(21-35)5-12-29/h4-8,11-15,22,24,28,31H,2-3,9-10,16-20H2,1H3. The fraction of sp³-hybridized carbons (Fsp3) is 0.382. The van der Waals surface area contributed by atoms with Crippen molar-refractivity contribution >= 4 is 17.5 Å². The molecule has 42 heavy (non-hydrogen) atoms. The van der Waals surface area contributed by atoms with Gasteiger partial charge in [0.15, 0.2) is 11.6 Å². The van der Waals surface area contributed by atoms with E-state index in [4.69, 9.17) is 14.7 Å².